The van der Waals surface area contributed by atoms with Gasteiger partial charge in [-0.15, -0.1) is 0 Å². The van der Waals surface area contributed by atoms with Crippen LogP contribution in [0.1, 0.15) is 39.0 Å². The van der Waals surface area contributed by atoms with Gasteiger partial charge in [0, 0.05) is 32.2 Å². The summed E-state index contributed by atoms with van der Waals surface area (Å²) in [5.41, 5.74) is 0. The summed E-state index contributed by atoms with van der Waals surface area (Å²) in [4.78, 5) is 24.5. The first-order valence-corrected chi connectivity index (χ1v) is 7.34. The fraction of sp³-hybridized carbons (Fsp3) is 0.857. The summed E-state index contributed by atoms with van der Waals surface area (Å²) in [6, 6.07) is -0.495. The molecule has 0 bridgehead atoms. The first-order chi connectivity index (χ1) is 9.52. The van der Waals surface area contributed by atoms with Crippen molar-refractivity contribution in [2.75, 3.05) is 26.8 Å². The van der Waals surface area contributed by atoms with Gasteiger partial charge in [-0.3, -0.25) is 4.79 Å². The highest BCUT2D eigenvalue weighted by atomic mass is 16.5. The number of hydrogen-bond donors (Lipinski definition) is 2. The molecule has 20 heavy (non-hydrogen) atoms. The fourth-order valence-electron chi connectivity index (χ4n) is 2.49. The van der Waals surface area contributed by atoms with Crippen molar-refractivity contribution >= 4 is 12.0 Å². The van der Waals surface area contributed by atoms with Gasteiger partial charge in [-0.05, 0) is 19.3 Å². The van der Waals surface area contributed by atoms with Crippen LogP contribution in [0.2, 0.25) is 0 Å². The highest BCUT2D eigenvalue weighted by Crippen LogP contribution is 2.14. The molecule has 1 heterocycles. The zero-order valence-corrected chi connectivity index (χ0v) is 12.4. The highest BCUT2D eigenvalue weighted by molar-refractivity contribution is 5.75. The van der Waals surface area contributed by atoms with Gasteiger partial charge >= 0.3 is 12.0 Å². The molecule has 0 aromatic heterocycles. The Morgan fingerprint density at radius 1 is 1.50 bits per heavy atom. The second-order valence-corrected chi connectivity index (χ2v) is 5.50. The van der Waals surface area contributed by atoms with Gasteiger partial charge in [0.25, 0.3) is 0 Å². The molecule has 116 valence electrons. The quantitative estimate of drug-likeness (QED) is 0.746. The molecule has 1 aliphatic heterocycles. The number of nitrogens with zero attached hydrogens (tertiary/aromatic N) is 1. The van der Waals surface area contributed by atoms with E-state index in [0.717, 1.165) is 25.9 Å². The summed E-state index contributed by atoms with van der Waals surface area (Å²) in [6.45, 7) is 4.14. The Balaban J connectivity index is 2.39. The Bertz CT molecular complexity index is 316. The fourth-order valence-corrected chi connectivity index (χ4v) is 2.49. The van der Waals surface area contributed by atoms with Gasteiger partial charge in [-0.1, -0.05) is 13.3 Å². The van der Waals surface area contributed by atoms with E-state index in [4.69, 9.17) is 9.84 Å². The predicted octanol–water partition coefficient (Wildman–Crippen LogP) is 1.70. The number of carbonyl (C=O) groups excluding carboxylic acids is 1. The van der Waals surface area contributed by atoms with Crippen LogP contribution in [0.4, 0.5) is 4.79 Å². The number of carbonyl (C=O) groups is 2. The number of carboxylic acid groups (broad SMARTS) is 1. The molecule has 0 aliphatic carbocycles. The Labute approximate surface area is 120 Å². The van der Waals surface area contributed by atoms with Gasteiger partial charge in [0.1, 0.15) is 0 Å². The van der Waals surface area contributed by atoms with Crippen molar-refractivity contribution in [3.05, 3.63) is 0 Å². The standard InChI is InChI=1S/C14H26N2O4/c1-3-5-12(8-13(17)18)15-14(19)16(2)9-11-6-4-7-20-10-11/h11-12H,3-10H2,1-2H3,(H,15,19)(H,17,18). The minimum absolute atomic E-state index is 0.0278. The monoisotopic (exact) mass is 286 g/mol. The summed E-state index contributed by atoms with van der Waals surface area (Å²) in [5.74, 6) is -0.504. The Morgan fingerprint density at radius 3 is 2.80 bits per heavy atom. The molecule has 2 amide bonds. The summed E-state index contributed by atoms with van der Waals surface area (Å²) in [6.07, 6.45) is 3.61. The molecule has 0 spiro atoms. The molecule has 6 nitrogen and oxygen atoms in total. The first kappa shape index (κ1) is 16.8. The second kappa shape index (κ2) is 8.79. The number of ether oxygens (including phenoxy) is 1. The Morgan fingerprint density at radius 2 is 2.25 bits per heavy atom. The molecule has 6 heteroatoms. The average molecular weight is 286 g/mol. The van der Waals surface area contributed by atoms with Crippen molar-refractivity contribution in [2.24, 2.45) is 5.92 Å². The van der Waals surface area contributed by atoms with E-state index in [-0.39, 0.29) is 18.5 Å². The van der Waals surface area contributed by atoms with E-state index in [1.54, 1.807) is 11.9 Å². The molecule has 0 radical (unpaired) electrons. The molecule has 0 saturated carbocycles. The summed E-state index contributed by atoms with van der Waals surface area (Å²) in [7, 11) is 1.74. The van der Waals surface area contributed by atoms with Gasteiger partial charge < -0.3 is 20.1 Å². The summed E-state index contributed by atoms with van der Waals surface area (Å²) >= 11 is 0. The van der Waals surface area contributed by atoms with Crippen molar-refractivity contribution in [3.8, 4) is 0 Å². The lowest BCUT2D eigenvalue weighted by Gasteiger charge is -2.28. The molecule has 0 aromatic carbocycles. The zero-order chi connectivity index (χ0) is 15.0. The van der Waals surface area contributed by atoms with E-state index in [1.807, 2.05) is 6.92 Å². The smallest absolute Gasteiger partial charge is 0.317 e. The Hall–Kier alpha value is -1.30. The molecular weight excluding hydrogens is 260 g/mol. The number of rotatable bonds is 7. The maximum absolute atomic E-state index is 12.1. The number of aliphatic carboxylic acids is 1. The highest BCUT2D eigenvalue weighted by Gasteiger charge is 2.21. The molecule has 1 fully saturated rings. The average Bonchev–Trinajstić information content (AvgIpc) is 2.39. The van der Waals surface area contributed by atoms with Crippen molar-refractivity contribution in [1.82, 2.24) is 10.2 Å². The molecule has 0 aromatic rings. The molecule has 1 saturated heterocycles. The van der Waals surface area contributed by atoms with E-state index >= 15 is 0 Å². The van der Waals surface area contributed by atoms with Crippen molar-refractivity contribution < 1.29 is 19.4 Å². The molecule has 2 atom stereocenters. The van der Waals surface area contributed by atoms with Crippen LogP contribution in [0.5, 0.6) is 0 Å². The van der Waals surface area contributed by atoms with Gasteiger partial charge in [-0.2, -0.15) is 0 Å². The summed E-state index contributed by atoms with van der Waals surface area (Å²) in [5, 5.41) is 11.6. The topological polar surface area (TPSA) is 78.9 Å². The van der Waals surface area contributed by atoms with Gasteiger partial charge in [-0.25, -0.2) is 4.79 Å². The van der Waals surface area contributed by atoms with Gasteiger partial charge in [0.2, 0.25) is 0 Å². The van der Waals surface area contributed by atoms with E-state index in [9.17, 15) is 9.59 Å². The number of carboxylic acids is 1. The second-order valence-electron chi connectivity index (χ2n) is 5.50. The van der Waals surface area contributed by atoms with Crippen molar-refractivity contribution in [1.29, 1.82) is 0 Å². The van der Waals surface area contributed by atoms with Crippen LogP contribution >= 0.6 is 0 Å². The minimum Gasteiger partial charge on any atom is -0.481 e. The van der Waals surface area contributed by atoms with Crippen molar-refractivity contribution in [3.63, 3.8) is 0 Å². The van der Waals surface area contributed by atoms with Crippen LogP contribution in [-0.4, -0.2) is 54.9 Å². The third-order valence-electron chi connectivity index (χ3n) is 3.52. The SMILES string of the molecule is CCCC(CC(=O)O)NC(=O)N(C)CC1CCCOC1. The minimum atomic E-state index is -0.882. The van der Waals surface area contributed by atoms with Crippen LogP contribution < -0.4 is 5.32 Å². The van der Waals surface area contributed by atoms with Crippen LogP contribution in [0.3, 0.4) is 0 Å². The zero-order valence-electron chi connectivity index (χ0n) is 12.4. The van der Waals surface area contributed by atoms with Crippen LogP contribution in [-0.2, 0) is 9.53 Å². The third kappa shape index (κ3) is 6.23. The number of hydrogen-bond acceptors (Lipinski definition) is 3. The van der Waals surface area contributed by atoms with Gasteiger partial charge in [0.15, 0.2) is 0 Å². The predicted molar refractivity (Wildman–Crippen MR) is 75.7 cm³/mol. The van der Waals surface area contributed by atoms with Crippen LogP contribution in [0.15, 0.2) is 0 Å². The van der Waals surface area contributed by atoms with E-state index in [2.05, 4.69) is 5.32 Å². The normalized spacial score (nSPS) is 20.2. The molecular formula is C14H26N2O4. The number of nitrogens with one attached hydrogen (secondary N) is 1. The molecule has 2 unspecified atom stereocenters. The van der Waals surface area contributed by atoms with E-state index in [1.165, 1.54) is 0 Å². The molecule has 2 N–H and O–H groups in total. The maximum atomic E-state index is 12.1. The largest absolute Gasteiger partial charge is 0.481 e. The number of amides is 2. The summed E-state index contributed by atoms with van der Waals surface area (Å²) < 4.78 is 5.40. The molecule has 1 rings (SSSR count). The van der Waals surface area contributed by atoms with Crippen LogP contribution in [0, 0.1) is 5.92 Å². The van der Waals surface area contributed by atoms with Crippen molar-refractivity contribution in [2.45, 2.75) is 45.1 Å². The lowest BCUT2D eigenvalue weighted by atomic mass is 10.0. The first-order valence-electron chi connectivity index (χ1n) is 7.34. The lowest BCUT2D eigenvalue weighted by Crippen LogP contribution is -2.46. The maximum Gasteiger partial charge on any atom is 0.317 e. The van der Waals surface area contributed by atoms with Crippen LogP contribution in [0.25, 0.3) is 0 Å². The lowest BCUT2D eigenvalue weighted by molar-refractivity contribution is -0.137. The van der Waals surface area contributed by atoms with E-state index < -0.39 is 5.97 Å². The molecule has 1 aliphatic rings. The number of urea groups is 1. The van der Waals surface area contributed by atoms with E-state index in [0.29, 0.717) is 25.5 Å². The third-order valence-corrected chi connectivity index (χ3v) is 3.52. The Kier molecular flexibility index (Phi) is 7.36. The van der Waals surface area contributed by atoms with Gasteiger partial charge in [0.05, 0.1) is 13.0 Å².